The Labute approximate surface area is 125 Å². The van der Waals surface area contributed by atoms with Crippen LogP contribution < -0.4 is 0 Å². The molecule has 22 heavy (non-hydrogen) atoms. The molecule has 7 heteroatoms. The van der Waals surface area contributed by atoms with Gasteiger partial charge in [-0.25, -0.2) is 4.79 Å². The van der Waals surface area contributed by atoms with Gasteiger partial charge in [-0.15, -0.1) is 0 Å². The highest BCUT2D eigenvalue weighted by Gasteiger charge is 2.14. The van der Waals surface area contributed by atoms with E-state index in [0.29, 0.717) is 16.8 Å². The van der Waals surface area contributed by atoms with Crippen LogP contribution in [-0.2, 0) is 11.8 Å². The second kappa shape index (κ2) is 6.04. The number of carbonyl (C=O) groups is 2. The molecule has 0 spiro atoms. The Bertz CT molecular complexity index is 772. The average molecular weight is 300 g/mol. The maximum atomic E-state index is 12.3. The van der Waals surface area contributed by atoms with E-state index in [2.05, 4.69) is 0 Å². The number of nitro groups is 1. The van der Waals surface area contributed by atoms with E-state index in [9.17, 15) is 19.7 Å². The minimum atomic E-state index is -1.08. The van der Waals surface area contributed by atoms with E-state index in [1.165, 1.54) is 30.3 Å². The lowest BCUT2D eigenvalue weighted by molar-refractivity contribution is -0.384. The number of hydrogen-bond donors (Lipinski definition) is 1. The number of non-ortho nitro benzene ring substituents is 1. The molecule has 0 atom stereocenters. The van der Waals surface area contributed by atoms with Crippen LogP contribution in [0.5, 0.6) is 0 Å². The highest BCUT2D eigenvalue weighted by molar-refractivity contribution is 6.09. The predicted molar refractivity (Wildman–Crippen MR) is 78.6 cm³/mol. The molecule has 1 heterocycles. The maximum absolute atomic E-state index is 12.3. The van der Waals surface area contributed by atoms with Crippen molar-refractivity contribution in [3.63, 3.8) is 0 Å². The van der Waals surface area contributed by atoms with Crippen LogP contribution >= 0.6 is 0 Å². The van der Waals surface area contributed by atoms with Gasteiger partial charge in [0.2, 0.25) is 0 Å². The fourth-order valence-corrected chi connectivity index (χ4v) is 1.93. The number of nitrogens with zero attached hydrogens (tertiary/aromatic N) is 2. The summed E-state index contributed by atoms with van der Waals surface area (Å²) in [6, 6.07) is 6.87. The van der Waals surface area contributed by atoms with E-state index >= 15 is 0 Å². The standard InChI is InChI=1S/C15H12N2O5/c1-16-9-11(8-13(16)6-7-14(18)19)15(20)10-2-4-12(5-3-10)17(21)22/h2-9H,1H3,(H,18,19)/b7-6+. The molecule has 0 unspecified atom stereocenters. The molecule has 0 aliphatic heterocycles. The first-order chi connectivity index (χ1) is 10.4. The summed E-state index contributed by atoms with van der Waals surface area (Å²) in [5.41, 5.74) is 1.17. The normalized spacial score (nSPS) is 10.8. The van der Waals surface area contributed by atoms with Crippen molar-refractivity contribution < 1.29 is 19.6 Å². The summed E-state index contributed by atoms with van der Waals surface area (Å²) in [4.78, 5) is 32.9. The largest absolute Gasteiger partial charge is 0.478 e. The molecule has 1 aromatic carbocycles. The van der Waals surface area contributed by atoms with Gasteiger partial charge < -0.3 is 9.67 Å². The highest BCUT2D eigenvalue weighted by Crippen LogP contribution is 2.17. The van der Waals surface area contributed by atoms with Gasteiger partial charge in [-0.2, -0.15) is 0 Å². The second-order valence-electron chi connectivity index (χ2n) is 4.57. The molecule has 7 nitrogen and oxygen atoms in total. The molecule has 2 rings (SSSR count). The van der Waals surface area contributed by atoms with Gasteiger partial charge >= 0.3 is 5.97 Å². The van der Waals surface area contributed by atoms with Gasteiger partial charge in [0.1, 0.15) is 0 Å². The zero-order chi connectivity index (χ0) is 16.3. The molecule has 112 valence electrons. The summed E-state index contributed by atoms with van der Waals surface area (Å²) < 4.78 is 1.62. The van der Waals surface area contributed by atoms with E-state index in [0.717, 1.165) is 6.08 Å². The number of carboxylic acids is 1. The minimum absolute atomic E-state index is 0.0882. The Morgan fingerprint density at radius 3 is 2.41 bits per heavy atom. The molecular formula is C15H12N2O5. The number of carbonyl (C=O) groups excluding carboxylic acids is 1. The Hall–Kier alpha value is -3.22. The molecule has 0 aliphatic carbocycles. The smallest absolute Gasteiger partial charge is 0.328 e. The van der Waals surface area contributed by atoms with Gasteiger partial charge in [0.15, 0.2) is 5.78 Å². The number of rotatable bonds is 5. The number of nitro benzene ring substituents is 1. The second-order valence-corrected chi connectivity index (χ2v) is 4.57. The van der Waals surface area contributed by atoms with E-state index in [1.807, 2.05) is 0 Å². The Kier molecular flexibility index (Phi) is 4.17. The van der Waals surface area contributed by atoms with Gasteiger partial charge in [0.05, 0.1) is 4.92 Å². The number of aliphatic carboxylic acids is 1. The van der Waals surface area contributed by atoms with Crippen molar-refractivity contribution in [1.29, 1.82) is 0 Å². The van der Waals surface area contributed by atoms with Crippen LogP contribution in [0.2, 0.25) is 0 Å². The molecule has 0 radical (unpaired) electrons. The van der Waals surface area contributed by atoms with E-state index in [1.54, 1.807) is 23.9 Å². The fraction of sp³-hybridized carbons (Fsp3) is 0.0667. The van der Waals surface area contributed by atoms with E-state index < -0.39 is 10.9 Å². The van der Waals surface area contributed by atoms with E-state index in [-0.39, 0.29) is 11.5 Å². The van der Waals surface area contributed by atoms with Gasteiger partial charge in [-0.3, -0.25) is 14.9 Å². The Morgan fingerprint density at radius 2 is 1.86 bits per heavy atom. The predicted octanol–water partition coefficient (Wildman–Crippen LogP) is 2.26. The van der Waals surface area contributed by atoms with Crippen molar-refractivity contribution in [2.45, 2.75) is 0 Å². The first-order valence-electron chi connectivity index (χ1n) is 6.25. The number of ketones is 1. The summed E-state index contributed by atoms with van der Waals surface area (Å²) in [7, 11) is 1.69. The van der Waals surface area contributed by atoms with Crippen molar-refractivity contribution in [1.82, 2.24) is 4.57 Å². The first kappa shape index (κ1) is 15.2. The number of carboxylic acid groups (broad SMARTS) is 1. The number of aromatic nitrogens is 1. The molecule has 0 fully saturated rings. The van der Waals surface area contributed by atoms with Crippen LogP contribution in [0, 0.1) is 10.1 Å². The molecule has 1 aromatic heterocycles. The van der Waals surface area contributed by atoms with Gasteiger partial charge in [0.25, 0.3) is 5.69 Å². The molecule has 0 bridgehead atoms. The van der Waals surface area contributed by atoms with Crippen molar-refractivity contribution in [3.05, 3.63) is 69.5 Å². The Balaban J connectivity index is 2.28. The maximum Gasteiger partial charge on any atom is 0.328 e. The molecular weight excluding hydrogens is 288 g/mol. The molecule has 0 saturated heterocycles. The van der Waals surface area contributed by atoms with Gasteiger partial charge in [0, 0.05) is 48.3 Å². The first-order valence-corrected chi connectivity index (χ1v) is 6.25. The van der Waals surface area contributed by atoms with Crippen LogP contribution in [-0.4, -0.2) is 26.3 Å². The van der Waals surface area contributed by atoms with Crippen molar-refractivity contribution in [2.24, 2.45) is 7.05 Å². The zero-order valence-electron chi connectivity index (χ0n) is 11.6. The monoisotopic (exact) mass is 300 g/mol. The van der Waals surface area contributed by atoms with Crippen LogP contribution in [0.25, 0.3) is 6.08 Å². The van der Waals surface area contributed by atoms with Crippen molar-refractivity contribution >= 4 is 23.5 Å². The van der Waals surface area contributed by atoms with E-state index in [4.69, 9.17) is 5.11 Å². The lowest BCUT2D eigenvalue weighted by atomic mass is 10.1. The summed E-state index contributed by atoms with van der Waals surface area (Å²) in [5.74, 6) is -1.37. The molecule has 2 aromatic rings. The topological polar surface area (TPSA) is 102 Å². The minimum Gasteiger partial charge on any atom is -0.478 e. The number of hydrogen-bond acceptors (Lipinski definition) is 4. The fourth-order valence-electron chi connectivity index (χ4n) is 1.93. The van der Waals surface area contributed by atoms with Crippen LogP contribution in [0.4, 0.5) is 5.69 Å². The van der Waals surface area contributed by atoms with Crippen LogP contribution in [0.15, 0.2) is 42.6 Å². The third kappa shape index (κ3) is 3.26. The quantitative estimate of drug-likeness (QED) is 0.395. The lowest BCUT2D eigenvalue weighted by Gasteiger charge is -1.97. The SMILES string of the molecule is Cn1cc(C(=O)c2ccc([N+](=O)[O-])cc2)cc1/C=C/C(=O)O. The summed E-state index contributed by atoms with van der Waals surface area (Å²) in [5, 5.41) is 19.2. The summed E-state index contributed by atoms with van der Waals surface area (Å²) in [6.45, 7) is 0. The molecule has 1 N–H and O–H groups in total. The van der Waals surface area contributed by atoms with Gasteiger partial charge in [-0.05, 0) is 24.3 Å². The summed E-state index contributed by atoms with van der Waals surface area (Å²) >= 11 is 0. The number of aryl methyl sites for hydroxylation is 1. The third-order valence-corrected chi connectivity index (χ3v) is 3.04. The average Bonchev–Trinajstić information content (AvgIpc) is 2.85. The molecule has 0 saturated carbocycles. The third-order valence-electron chi connectivity index (χ3n) is 3.04. The van der Waals surface area contributed by atoms with Gasteiger partial charge in [-0.1, -0.05) is 0 Å². The van der Waals surface area contributed by atoms with Crippen LogP contribution in [0.3, 0.4) is 0 Å². The lowest BCUT2D eigenvalue weighted by Crippen LogP contribution is -2.00. The molecule has 0 aliphatic rings. The van der Waals surface area contributed by atoms with Crippen molar-refractivity contribution in [2.75, 3.05) is 0 Å². The van der Waals surface area contributed by atoms with Crippen molar-refractivity contribution in [3.8, 4) is 0 Å². The highest BCUT2D eigenvalue weighted by atomic mass is 16.6. The molecule has 0 amide bonds. The summed E-state index contributed by atoms with van der Waals surface area (Å²) in [6.07, 6.45) is 3.94. The zero-order valence-corrected chi connectivity index (χ0v) is 11.6. The number of benzene rings is 1. The Morgan fingerprint density at radius 1 is 1.23 bits per heavy atom. The van der Waals surface area contributed by atoms with Crippen LogP contribution in [0.1, 0.15) is 21.6 Å².